The van der Waals surface area contributed by atoms with E-state index >= 15 is 0 Å². The maximum atomic E-state index is 13.6. The summed E-state index contributed by atoms with van der Waals surface area (Å²) >= 11 is 6.06. The van der Waals surface area contributed by atoms with Gasteiger partial charge in [-0.2, -0.15) is 0 Å². The predicted octanol–water partition coefficient (Wildman–Crippen LogP) is 3.07. The highest BCUT2D eigenvalue weighted by Crippen LogP contribution is 2.39. The number of piperazine rings is 1. The molecular formula is C25H30ClN3O3. The van der Waals surface area contributed by atoms with Crippen LogP contribution in [0.2, 0.25) is 5.02 Å². The zero-order valence-electron chi connectivity index (χ0n) is 18.5. The molecule has 0 radical (unpaired) electrons. The Labute approximate surface area is 194 Å². The fraction of sp³-hybridized carbons (Fsp3) is 0.480. The van der Waals surface area contributed by atoms with Gasteiger partial charge in [0.1, 0.15) is 5.75 Å². The first-order valence-corrected chi connectivity index (χ1v) is 11.8. The van der Waals surface area contributed by atoms with Crippen molar-refractivity contribution in [2.45, 2.75) is 19.0 Å². The minimum atomic E-state index is -0.0537. The molecule has 2 atom stereocenters. The van der Waals surface area contributed by atoms with Gasteiger partial charge in [0.15, 0.2) is 0 Å². The average molecular weight is 456 g/mol. The summed E-state index contributed by atoms with van der Waals surface area (Å²) < 4.78 is 11.0. The van der Waals surface area contributed by atoms with Crippen LogP contribution in [0.15, 0.2) is 42.5 Å². The number of nitrogens with zero attached hydrogens (tertiary/aromatic N) is 3. The number of amides is 1. The Kier molecular flexibility index (Phi) is 6.26. The van der Waals surface area contributed by atoms with Crippen molar-refractivity contribution in [1.82, 2.24) is 9.80 Å². The summed E-state index contributed by atoms with van der Waals surface area (Å²) in [6, 6.07) is 14.5. The van der Waals surface area contributed by atoms with Crippen LogP contribution in [0.25, 0.3) is 0 Å². The Hall–Kier alpha value is -2.28. The lowest BCUT2D eigenvalue weighted by Crippen LogP contribution is -2.61. The van der Waals surface area contributed by atoms with Crippen molar-refractivity contribution < 1.29 is 14.3 Å². The number of methoxy groups -OCH3 is 1. The normalized spacial score (nSPS) is 23.4. The standard InChI is InChI=1S/C25H30ClN3O3/c1-31-21-7-4-19-14-22(25(30)28-10-12-32-13-11-28)24-17-27(8-9-29(24)23(19)15-21)16-18-2-5-20(26)6-3-18/h2-7,15,22,24H,8-14,16-17H2,1H3/t22-,24-/m1/s1. The van der Waals surface area contributed by atoms with E-state index in [0.29, 0.717) is 26.3 Å². The Morgan fingerprint density at radius 1 is 1.09 bits per heavy atom. The number of hydrogen-bond donors (Lipinski definition) is 0. The minimum absolute atomic E-state index is 0.0537. The number of halogens is 1. The van der Waals surface area contributed by atoms with Crippen LogP contribution in [0.5, 0.6) is 5.75 Å². The van der Waals surface area contributed by atoms with E-state index in [1.807, 2.05) is 23.1 Å². The van der Waals surface area contributed by atoms with Gasteiger partial charge in [-0.3, -0.25) is 9.69 Å². The molecule has 6 nitrogen and oxygen atoms in total. The smallest absolute Gasteiger partial charge is 0.228 e. The van der Waals surface area contributed by atoms with Gasteiger partial charge in [0.05, 0.1) is 32.3 Å². The van der Waals surface area contributed by atoms with Crippen molar-refractivity contribution in [2.24, 2.45) is 5.92 Å². The van der Waals surface area contributed by atoms with Crippen LogP contribution in [0, 0.1) is 5.92 Å². The van der Waals surface area contributed by atoms with Crippen molar-refractivity contribution in [3.63, 3.8) is 0 Å². The van der Waals surface area contributed by atoms with Crippen LogP contribution in [0.4, 0.5) is 5.69 Å². The van der Waals surface area contributed by atoms with E-state index in [1.54, 1.807) is 7.11 Å². The van der Waals surface area contributed by atoms with E-state index in [9.17, 15) is 4.79 Å². The summed E-state index contributed by atoms with van der Waals surface area (Å²) in [5.74, 6) is 1.07. The molecule has 2 fully saturated rings. The van der Waals surface area contributed by atoms with Crippen LogP contribution in [-0.4, -0.2) is 74.8 Å². The van der Waals surface area contributed by atoms with E-state index in [0.717, 1.165) is 43.4 Å². The number of hydrogen-bond acceptors (Lipinski definition) is 5. The number of morpholine rings is 1. The molecule has 170 valence electrons. The summed E-state index contributed by atoms with van der Waals surface area (Å²) in [5, 5.41) is 0.757. The van der Waals surface area contributed by atoms with Crippen molar-refractivity contribution in [1.29, 1.82) is 0 Å². The monoisotopic (exact) mass is 455 g/mol. The van der Waals surface area contributed by atoms with E-state index < -0.39 is 0 Å². The average Bonchev–Trinajstić information content (AvgIpc) is 2.84. The maximum absolute atomic E-state index is 13.6. The topological polar surface area (TPSA) is 45.2 Å². The number of ether oxygens (including phenoxy) is 2. The summed E-state index contributed by atoms with van der Waals surface area (Å²) in [4.78, 5) is 20.5. The van der Waals surface area contributed by atoms with Gasteiger partial charge in [-0.15, -0.1) is 0 Å². The van der Waals surface area contributed by atoms with Gasteiger partial charge in [0, 0.05) is 56.0 Å². The summed E-state index contributed by atoms with van der Waals surface area (Å²) in [6.45, 7) is 6.20. The summed E-state index contributed by atoms with van der Waals surface area (Å²) in [6.07, 6.45) is 0.769. The molecule has 5 rings (SSSR count). The zero-order valence-corrected chi connectivity index (χ0v) is 19.3. The molecule has 0 spiro atoms. The second kappa shape index (κ2) is 9.30. The predicted molar refractivity (Wildman–Crippen MR) is 125 cm³/mol. The van der Waals surface area contributed by atoms with Crippen LogP contribution < -0.4 is 9.64 Å². The van der Waals surface area contributed by atoms with Gasteiger partial charge in [0.25, 0.3) is 0 Å². The fourth-order valence-corrected chi connectivity index (χ4v) is 5.38. The molecule has 0 unspecified atom stereocenters. The van der Waals surface area contributed by atoms with E-state index in [1.165, 1.54) is 16.8 Å². The van der Waals surface area contributed by atoms with Gasteiger partial charge in [0.2, 0.25) is 5.91 Å². The van der Waals surface area contributed by atoms with Crippen molar-refractivity contribution in [3.8, 4) is 5.75 Å². The Morgan fingerprint density at radius 2 is 1.88 bits per heavy atom. The van der Waals surface area contributed by atoms with Gasteiger partial charge >= 0.3 is 0 Å². The number of fused-ring (bicyclic) bond motifs is 3. The summed E-state index contributed by atoms with van der Waals surface area (Å²) in [5.41, 5.74) is 3.70. The number of carbonyl (C=O) groups is 1. The number of benzene rings is 2. The largest absolute Gasteiger partial charge is 0.497 e. The lowest BCUT2D eigenvalue weighted by Gasteiger charge is -2.50. The highest BCUT2D eigenvalue weighted by molar-refractivity contribution is 6.30. The molecule has 2 aromatic carbocycles. The molecule has 7 heteroatoms. The highest BCUT2D eigenvalue weighted by atomic mass is 35.5. The van der Waals surface area contributed by atoms with Crippen molar-refractivity contribution in [3.05, 3.63) is 58.6 Å². The first-order chi connectivity index (χ1) is 15.6. The molecule has 3 aliphatic rings. The molecule has 32 heavy (non-hydrogen) atoms. The molecule has 2 aromatic rings. The number of carbonyl (C=O) groups excluding carboxylic acids is 1. The van der Waals surface area contributed by atoms with Crippen molar-refractivity contribution in [2.75, 3.05) is 57.9 Å². The first kappa shape index (κ1) is 21.6. The molecule has 0 N–H and O–H groups in total. The third-order valence-electron chi connectivity index (χ3n) is 6.97. The molecule has 3 heterocycles. The van der Waals surface area contributed by atoms with Crippen LogP contribution >= 0.6 is 11.6 Å². The molecule has 0 bridgehead atoms. The Bertz CT molecular complexity index is 961. The third kappa shape index (κ3) is 4.32. The first-order valence-electron chi connectivity index (χ1n) is 11.4. The van der Waals surface area contributed by atoms with E-state index in [2.05, 4.69) is 34.1 Å². The third-order valence-corrected chi connectivity index (χ3v) is 7.22. The number of rotatable bonds is 4. The zero-order chi connectivity index (χ0) is 22.1. The lowest BCUT2D eigenvalue weighted by molar-refractivity contribution is -0.141. The number of anilines is 1. The van der Waals surface area contributed by atoms with Gasteiger partial charge in [-0.05, 0) is 35.7 Å². The molecule has 0 aromatic heterocycles. The Balaban J connectivity index is 1.41. The molecule has 3 aliphatic heterocycles. The molecule has 0 saturated carbocycles. The van der Waals surface area contributed by atoms with Gasteiger partial charge < -0.3 is 19.3 Å². The van der Waals surface area contributed by atoms with Gasteiger partial charge in [-0.1, -0.05) is 29.8 Å². The second-order valence-corrected chi connectivity index (χ2v) is 9.30. The molecule has 2 saturated heterocycles. The van der Waals surface area contributed by atoms with E-state index in [-0.39, 0.29) is 17.9 Å². The minimum Gasteiger partial charge on any atom is -0.497 e. The molecule has 1 amide bonds. The SMILES string of the molecule is COc1ccc2c(c1)N1CCN(Cc3ccc(Cl)cc3)C[C@@H]1[C@H](C(=O)N1CCOCC1)C2. The lowest BCUT2D eigenvalue weighted by atomic mass is 9.82. The summed E-state index contributed by atoms with van der Waals surface area (Å²) in [7, 11) is 1.71. The van der Waals surface area contributed by atoms with E-state index in [4.69, 9.17) is 21.1 Å². The second-order valence-electron chi connectivity index (χ2n) is 8.87. The molecule has 0 aliphatic carbocycles. The quantitative estimate of drug-likeness (QED) is 0.709. The van der Waals surface area contributed by atoms with Crippen molar-refractivity contribution >= 4 is 23.2 Å². The van der Waals surface area contributed by atoms with Crippen LogP contribution in [-0.2, 0) is 22.5 Å². The van der Waals surface area contributed by atoms with Crippen LogP contribution in [0.3, 0.4) is 0 Å². The molecular weight excluding hydrogens is 426 g/mol. The Morgan fingerprint density at radius 3 is 2.62 bits per heavy atom. The highest BCUT2D eigenvalue weighted by Gasteiger charge is 2.43. The van der Waals surface area contributed by atoms with Crippen LogP contribution in [0.1, 0.15) is 11.1 Å². The maximum Gasteiger partial charge on any atom is 0.228 e. The fourth-order valence-electron chi connectivity index (χ4n) is 5.26. The van der Waals surface area contributed by atoms with Gasteiger partial charge in [-0.25, -0.2) is 0 Å².